The molecule has 0 bridgehead atoms. The summed E-state index contributed by atoms with van der Waals surface area (Å²) in [6.45, 7) is 4.79. The Kier molecular flexibility index (Phi) is 15.1. The van der Waals surface area contributed by atoms with Crippen molar-refractivity contribution < 1.29 is 38.3 Å². The largest absolute Gasteiger partial charge is 0.464 e. The van der Waals surface area contributed by atoms with E-state index in [9.17, 15) is 33.6 Å². The summed E-state index contributed by atoms with van der Waals surface area (Å²) in [5.74, 6) is -2.25. The molecule has 2 aromatic rings. The fourth-order valence-corrected chi connectivity index (χ4v) is 6.67. The first-order valence-corrected chi connectivity index (χ1v) is 18.1. The Bertz CT molecular complexity index is 1590. The van der Waals surface area contributed by atoms with E-state index < -0.39 is 42.1 Å². The van der Waals surface area contributed by atoms with Crippen LogP contribution in [0, 0.1) is 6.92 Å². The molecule has 0 radical (unpaired) electrons. The molecule has 4 fully saturated rings. The Hall–Kier alpha value is -5.54. The molecule has 7 amide bonds. The number of anilines is 1. The van der Waals surface area contributed by atoms with Gasteiger partial charge in [-0.05, 0) is 70.9 Å². The molecule has 53 heavy (non-hydrogen) atoms. The Labute approximate surface area is 309 Å². The molecule has 4 aliphatic heterocycles. The number of piperidine rings is 1. The third kappa shape index (κ3) is 11.7. The minimum atomic E-state index is -0.813. The fourth-order valence-electron chi connectivity index (χ4n) is 6.67. The molecular formula is C37H50N8O8. The number of pyridine rings is 1. The molecule has 0 aliphatic carbocycles. The van der Waals surface area contributed by atoms with Gasteiger partial charge in [-0.15, -0.1) is 0 Å². The number of aryl methyl sites for hydroxylation is 1. The summed E-state index contributed by atoms with van der Waals surface area (Å²) in [5.41, 5.74) is 6.76. The third-order valence-electron chi connectivity index (χ3n) is 9.35. The van der Waals surface area contributed by atoms with Crippen molar-refractivity contribution >= 4 is 47.2 Å². The van der Waals surface area contributed by atoms with E-state index in [0.717, 1.165) is 19.3 Å². The zero-order valence-corrected chi connectivity index (χ0v) is 30.3. The second-order valence-electron chi connectivity index (χ2n) is 13.3. The second kappa shape index (κ2) is 19.9. The first-order chi connectivity index (χ1) is 25.5. The van der Waals surface area contributed by atoms with Crippen molar-refractivity contribution in [1.82, 2.24) is 30.3 Å². The number of carbonyl (C=O) groups excluding carboxylic acids is 7. The molecule has 16 nitrogen and oxygen atoms in total. The predicted molar refractivity (Wildman–Crippen MR) is 194 cm³/mol. The van der Waals surface area contributed by atoms with Gasteiger partial charge in [0.1, 0.15) is 30.8 Å². The second-order valence-corrected chi connectivity index (χ2v) is 13.3. The maximum atomic E-state index is 13.4. The molecule has 1 aromatic carbocycles. The standard InChI is InChI=1S/C22H32N4O6.C8H10N4O2.C7H8/c1-14-20(29)26-12-5-8-17(26)22(31)32-13-9-18(27)24-11-4-7-16(24)21(30)25-10-3-2-6-15(25)19(28)23-14;9-7(13)5-11-8(14)12-6-1-3-10-4-2-6;1-7-5-3-2-4-6-7/h14-17H,2-13H2,1H3,(H,23,28);1-4H,5H2,(H2,9,13)(H2,10,11,12,14);2-6H,1H3. The van der Waals surface area contributed by atoms with Gasteiger partial charge >= 0.3 is 12.0 Å². The van der Waals surface area contributed by atoms with Crippen LogP contribution in [0.5, 0.6) is 0 Å². The van der Waals surface area contributed by atoms with Crippen LogP contribution in [0.15, 0.2) is 54.9 Å². The average molecular weight is 735 g/mol. The molecule has 4 saturated heterocycles. The molecule has 4 atom stereocenters. The smallest absolute Gasteiger partial charge is 0.328 e. The lowest BCUT2D eigenvalue weighted by molar-refractivity contribution is -0.156. The number of hydrogen-bond donors (Lipinski definition) is 4. The topological polar surface area (TPSA) is 213 Å². The van der Waals surface area contributed by atoms with Crippen molar-refractivity contribution in [3.8, 4) is 0 Å². The quantitative estimate of drug-likeness (QED) is 0.336. The number of hydrogen-bond acceptors (Lipinski definition) is 9. The van der Waals surface area contributed by atoms with E-state index >= 15 is 0 Å². The van der Waals surface area contributed by atoms with Gasteiger partial charge in [0.2, 0.25) is 29.5 Å². The first-order valence-electron chi connectivity index (χ1n) is 18.1. The van der Waals surface area contributed by atoms with E-state index in [1.54, 1.807) is 41.2 Å². The van der Waals surface area contributed by atoms with Crippen molar-refractivity contribution in [3.05, 3.63) is 60.4 Å². The van der Waals surface area contributed by atoms with Crippen LogP contribution in [-0.4, -0.2) is 118 Å². The number of fused-ring (bicyclic) bond motifs is 3. The fraction of sp³-hybridized carbons (Fsp3) is 0.514. The number of ether oxygens (including phenoxy) is 1. The minimum absolute atomic E-state index is 0.00347. The van der Waals surface area contributed by atoms with Crippen molar-refractivity contribution in [2.24, 2.45) is 5.73 Å². The first kappa shape index (κ1) is 40.2. The number of benzene rings is 1. The zero-order valence-electron chi connectivity index (χ0n) is 30.3. The van der Waals surface area contributed by atoms with E-state index in [1.807, 2.05) is 18.2 Å². The average Bonchev–Trinajstić information content (AvgIpc) is 3.85. The van der Waals surface area contributed by atoms with Crippen LogP contribution >= 0.6 is 0 Å². The number of nitrogens with one attached hydrogen (secondary N) is 3. The molecule has 0 spiro atoms. The van der Waals surface area contributed by atoms with E-state index in [-0.39, 0.29) is 43.2 Å². The monoisotopic (exact) mass is 734 g/mol. The SMILES string of the molecule is CC1NC(=O)C2CCCCN2C(=O)C2CCCN2C(=O)CCOC(=O)C2CCCN2C1=O.Cc1ccccc1.NC(=O)CNC(=O)Nc1ccncc1. The molecule has 4 unspecified atom stereocenters. The molecule has 286 valence electrons. The van der Waals surface area contributed by atoms with Crippen LogP contribution in [0.4, 0.5) is 10.5 Å². The molecule has 16 heteroatoms. The normalized spacial score (nSPS) is 23.4. The molecule has 5 N–H and O–H groups in total. The van der Waals surface area contributed by atoms with Gasteiger partial charge in [0.05, 0.1) is 13.0 Å². The van der Waals surface area contributed by atoms with Crippen LogP contribution in [-0.2, 0) is 33.5 Å². The summed E-state index contributed by atoms with van der Waals surface area (Å²) >= 11 is 0. The van der Waals surface area contributed by atoms with Crippen LogP contribution in [0.25, 0.3) is 0 Å². The number of esters is 1. The summed E-state index contributed by atoms with van der Waals surface area (Å²) < 4.78 is 5.33. The molecule has 6 rings (SSSR count). The molecule has 0 saturated carbocycles. The van der Waals surface area contributed by atoms with Gasteiger partial charge in [-0.3, -0.25) is 29.0 Å². The molecule has 4 aliphatic rings. The lowest BCUT2D eigenvalue weighted by atomic mass is 9.99. The van der Waals surface area contributed by atoms with Gasteiger partial charge in [-0.2, -0.15) is 0 Å². The molecule has 1 aromatic heterocycles. The number of aromatic nitrogens is 1. The van der Waals surface area contributed by atoms with E-state index in [2.05, 4.69) is 40.0 Å². The van der Waals surface area contributed by atoms with Gasteiger partial charge in [0, 0.05) is 37.7 Å². The number of rotatable bonds is 3. The maximum Gasteiger partial charge on any atom is 0.328 e. The Balaban J connectivity index is 0.000000244. The zero-order chi connectivity index (χ0) is 38.3. The van der Waals surface area contributed by atoms with Gasteiger partial charge in [-0.25, -0.2) is 9.59 Å². The highest BCUT2D eigenvalue weighted by Crippen LogP contribution is 2.26. The highest BCUT2D eigenvalue weighted by atomic mass is 16.5. The number of cyclic esters (lactones) is 1. The van der Waals surface area contributed by atoms with Crippen LogP contribution in [0.2, 0.25) is 0 Å². The number of nitrogens with two attached hydrogens (primary N) is 1. The highest BCUT2D eigenvalue weighted by molar-refractivity contribution is 5.96. The Morgan fingerprint density at radius 1 is 0.830 bits per heavy atom. The maximum absolute atomic E-state index is 13.4. The lowest BCUT2D eigenvalue weighted by Gasteiger charge is -2.38. The number of nitrogens with zero attached hydrogens (tertiary/aromatic N) is 4. The van der Waals surface area contributed by atoms with E-state index in [1.165, 1.54) is 10.5 Å². The highest BCUT2D eigenvalue weighted by Gasteiger charge is 2.43. The summed E-state index contributed by atoms with van der Waals surface area (Å²) in [6, 6.07) is 10.3. The molecule has 5 heterocycles. The summed E-state index contributed by atoms with van der Waals surface area (Å²) in [5, 5.41) is 7.56. The van der Waals surface area contributed by atoms with Crippen molar-refractivity contribution in [3.63, 3.8) is 0 Å². The summed E-state index contributed by atoms with van der Waals surface area (Å²) in [6.07, 6.45) is 7.68. The van der Waals surface area contributed by atoms with Crippen LogP contribution in [0.3, 0.4) is 0 Å². The van der Waals surface area contributed by atoms with Crippen LogP contribution in [0.1, 0.15) is 63.9 Å². The minimum Gasteiger partial charge on any atom is -0.464 e. The van der Waals surface area contributed by atoms with Gasteiger partial charge in [0.25, 0.3) is 0 Å². The summed E-state index contributed by atoms with van der Waals surface area (Å²) in [4.78, 5) is 94.7. The Morgan fingerprint density at radius 2 is 1.45 bits per heavy atom. The van der Waals surface area contributed by atoms with Gasteiger partial charge in [0.15, 0.2) is 0 Å². The number of carbonyl (C=O) groups is 7. The number of urea groups is 1. The van der Waals surface area contributed by atoms with Crippen molar-refractivity contribution in [1.29, 1.82) is 0 Å². The lowest BCUT2D eigenvalue weighted by Crippen LogP contribution is -2.59. The number of amides is 7. The van der Waals surface area contributed by atoms with Crippen molar-refractivity contribution in [2.45, 2.75) is 89.4 Å². The van der Waals surface area contributed by atoms with E-state index in [4.69, 9.17) is 10.5 Å². The van der Waals surface area contributed by atoms with Gasteiger partial charge < -0.3 is 41.1 Å². The third-order valence-corrected chi connectivity index (χ3v) is 9.35. The molecular weight excluding hydrogens is 684 g/mol. The predicted octanol–water partition coefficient (Wildman–Crippen LogP) is 1.48. The number of primary amides is 1. The van der Waals surface area contributed by atoms with Crippen molar-refractivity contribution in [2.75, 3.05) is 38.1 Å². The van der Waals surface area contributed by atoms with E-state index in [0.29, 0.717) is 51.0 Å². The Morgan fingerprint density at radius 3 is 2.11 bits per heavy atom. The van der Waals surface area contributed by atoms with Gasteiger partial charge in [-0.1, -0.05) is 35.9 Å². The summed E-state index contributed by atoms with van der Waals surface area (Å²) in [7, 11) is 0. The van der Waals surface area contributed by atoms with Crippen LogP contribution < -0.4 is 21.7 Å².